The molecule has 1 aromatic heterocycles. The summed E-state index contributed by atoms with van der Waals surface area (Å²) in [5, 5.41) is 8.91. The molecular weight excluding hydrogens is 266 g/mol. The number of fused-ring (bicyclic) bond motifs is 1. The molecule has 0 saturated carbocycles. The van der Waals surface area contributed by atoms with Crippen LogP contribution >= 0.6 is 0 Å². The van der Waals surface area contributed by atoms with E-state index >= 15 is 0 Å². The lowest BCUT2D eigenvalue weighted by Gasteiger charge is -2.47. The lowest BCUT2D eigenvalue weighted by molar-refractivity contribution is 0.0105. The molecule has 2 saturated heterocycles. The Kier molecular flexibility index (Phi) is 4.22. The number of aromatic carboxylic acids is 1. The van der Waals surface area contributed by atoms with Gasteiger partial charge in [0.2, 0.25) is 0 Å². The van der Waals surface area contributed by atoms with Gasteiger partial charge in [0.05, 0.1) is 11.3 Å². The molecule has 2 atom stereocenters. The van der Waals surface area contributed by atoms with Crippen molar-refractivity contribution in [3.63, 3.8) is 0 Å². The van der Waals surface area contributed by atoms with Gasteiger partial charge < -0.3 is 5.11 Å². The second-order valence-corrected chi connectivity index (χ2v) is 6.27. The number of piperidine rings is 1. The van der Waals surface area contributed by atoms with Gasteiger partial charge in [-0.15, -0.1) is 0 Å². The predicted molar refractivity (Wildman–Crippen MR) is 80.3 cm³/mol. The molecule has 0 radical (unpaired) electrons. The summed E-state index contributed by atoms with van der Waals surface area (Å²) in [7, 11) is 0. The first-order valence-electron chi connectivity index (χ1n) is 7.80. The number of aromatic nitrogens is 1. The lowest BCUT2D eigenvalue weighted by atomic mass is 9.97. The molecule has 0 aromatic carbocycles. The summed E-state index contributed by atoms with van der Waals surface area (Å²) in [6.45, 7) is 6.57. The summed E-state index contributed by atoms with van der Waals surface area (Å²) < 4.78 is 0. The van der Waals surface area contributed by atoms with Crippen molar-refractivity contribution >= 4 is 5.97 Å². The summed E-state index contributed by atoms with van der Waals surface area (Å²) in [6, 6.07) is 4.70. The van der Waals surface area contributed by atoms with E-state index in [9.17, 15) is 4.79 Å². The van der Waals surface area contributed by atoms with Crippen molar-refractivity contribution in [1.29, 1.82) is 0 Å². The van der Waals surface area contributed by atoms with Crippen molar-refractivity contribution in [3.8, 4) is 0 Å². The van der Waals surface area contributed by atoms with Crippen molar-refractivity contribution in [2.75, 3.05) is 19.6 Å². The number of carboxylic acid groups (broad SMARTS) is 1. The number of hydrogen-bond acceptors (Lipinski definition) is 4. The van der Waals surface area contributed by atoms with E-state index in [1.54, 1.807) is 6.07 Å². The Morgan fingerprint density at radius 3 is 2.95 bits per heavy atom. The lowest BCUT2D eigenvalue weighted by Crippen LogP contribution is -2.58. The van der Waals surface area contributed by atoms with Gasteiger partial charge in [0.25, 0.3) is 0 Å². The SMILES string of the molecule is CC1CN2CCCCC2CN1Cc1ccc(C(=O)O)cn1. The molecule has 3 rings (SSSR count). The van der Waals surface area contributed by atoms with E-state index in [0.29, 0.717) is 12.1 Å². The number of carbonyl (C=O) groups is 1. The van der Waals surface area contributed by atoms with Crippen LogP contribution in [0.1, 0.15) is 42.2 Å². The number of piperazine rings is 1. The van der Waals surface area contributed by atoms with Crippen LogP contribution in [0.2, 0.25) is 0 Å². The van der Waals surface area contributed by atoms with E-state index in [1.165, 1.54) is 32.0 Å². The number of rotatable bonds is 3. The highest BCUT2D eigenvalue weighted by molar-refractivity contribution is 5.87. The van der Waals surface area contributed by atoms with Crippen molar-refractivity contribution in [3.05, 3.63) is 29.6 Å². The van der Waals surface area contributed by atoms with Gasteiger partial charge in [-0.25, -0.2) is 4.79 Å². The molecule has 114 valence electrons. The highest BCUT2D eigenvalue weighted by Crippen LogP contribution is 2.24. The molecule has 21 heavy (non-hydrogen) atoms. The van der Waals surface area contributed by atoms with E-state index in [-0.39, 0.29) is 5.56 Å². The molecule has 1 aromatic rings. The summed E-state index contributed by atoms with van der Waals surface area (Å²) in [4.78, 5) is 20.3. The minimum absolute atomic E-state index is 0.254. The Morgan fingerprint density at radius 2 is 2.24 bits per heavy atom. The Morgan fingerprint density at radius 1 is 1.38 bits per heavy atom. The first-order valence-corrected chi connectivity index (χ1v) is 7.80. The van der Waals surface area contributed by atoms with Crippen molar-refractivity contribution in [2.24, 2.45) is 0 Å². The van der Waals surface area contributed by atoms with Gasteiger partial charge in [0, 0.05) is 37.9 Å². The van der Waals surface area contributed by atoms with E-state index < -0.39 is 5.97 Å². The van der Waals surface area contributed by atoms with Crippen LogP contribution in [-0.2, 0) is 6.54 Å². The highest BCUT2D eigenvalue weighted by Gasteiger charge is 2.32. The standard InChI is InChI=1S/C16H23N3O2/c1-12-9-18-7-3-2-4-15(18)11-19(12)10-14-6-5-13(8-17-14)16(20)21/h5-6,8,12,15H,2-4,7,9-11H2,1H3,(H,20,21). The van der Waals surface area contributed by atoms with Crippen molar-refractivity contribution in [2.45, 2.75) is 44.8 Å². The molecule has 0 aliphatic carbocycles. The van der Waals surface area contributed by atoms with Crippen LogP contribution in [0.4, 0.5) is 0 Å². The average molecular weight is 289 g/mol. The van der Waals surface area contributed by atoms with E-state index in [1.807, 2.05) is 6.07 Å². The van der Waals surface area contributed by atoms with Crippen LogP contribution in [0.5, 0.6) is 0 Å². The normalized spacial score (nSPS) is 27.3. The largest absolute Gasteiger partial charge is 0.478 e. The van der Waals surface area contributed by atoms with Gasteiger partial charge in [0.1, 0.15) is 0 Å². The molecule has 2 unspecified atom stereocenters. The maximum atomic E-state index is 10.9. The predicted octanol–water partition coefficient (Wildman–Crippen LogP) is 1.84. The zero-order chi connectivity index (χ0) is 14.8. The first-order chi connectivity index (χ1) is 10.1. The Labute approximate surface area is 125 Å². The molecule has 0 amide bonds. The second kappa shape index (κ2) is 6.12. The minimum Gasteiger partial charge on any atom is -0.478 e. The van der Waals surface area contributed by atoms with Crippen LogP contribution < -0.4 is 0 Å². The molecule has 1 N–H and O–H groups in total. The van der Waals surface area contributed by atoms with Gasteiger partial charge in [0.15, 0.2) is 0 Å². The van der Waals surface area contributed by atoms with Gasteiger partial charge in [-0.3, -0.25) is 14.8 Å². The maximum absolute atomic E-state index is 10.9. The van der Waals surface area contributed by atoms with Crippen LogP contribution in [0, 0.1) is 0 Å². The number of pyridine rings is 1. The van der Waals surface area contributed by atoms with Gasteiger partial charge in [-0.2, -0.15) is 0 Å². The van der Waals surface area contributed by atoms with Crippen LogP contribution in [0.15, 0.2) is 18.3 Å². The summed E-state index contributed by atoms with van der Waals surface area (Å²) in [5.41, 5.74) is 1.21. The van der Waals surface area contributed by atoms with Crippen molar-refractivity contribution < 1.29 is 9.90 Å². The second-order valence-electron chi connectivity index (χ2n) is 6.27. The molecule has 2 fully saturated rings. The Hall–Kier alpha value is -1.46. The van der Waals surface area contributed by atoms with Crippen molar-refractivity contribution in [1.82, 2.24) is 14.8 Å². The molecule has 3 heterocycles. The molecular formula is C16H23N3O2. The van der Waals surface area contributed by atoms with Crippen LogP contribution in [0.25, 0.3) is 0 Å². The third-order valence-electron chi connectivity index (χ3n) is 4.75. The molecule has 2 aliphatic heterocycles. The summed E-state index contributed by atoms with van der Waals surface area (Å²) in [5.74, 6) is -0.918. The fraction of sp³-hybridized carbons (Fsp3) is 0.625. The molecule has 0 spiro atoms. The first kappa shape index (κ1) is 14.5. The Balaban J connectivity index is 1.65. The fourth-order valence-electron chi connectivity index (χ4n) is 3.49. The van der Waals surface area contributed by atoms with Gasteiger partial charge in [-0.1, -0.05) is 6.42 Å². The van der Waals surface area contributed by atoms with E-state index in [2.05, 4.69) is 21.7 Å². The highest BCUT2D eigenvalue weighted by atomic mass is 16.4. The fourth-order valence-corrected chi connectivity index (χ4v) is 3.49. The average Bonchev–Trinajstić information content (AvgIpc) is 2.48. The zero-order valence-electron chi connectivity index (χ0n) is 12.5. The van der Waals surface area contributed by atoms with Gasteiger partial charge in [-0.05, 0) is 38.4 Å². The summed E-state index contributed by atoms with van der Waals surface area (Å²) in [6.07, 6.45) is 5.43. The molecule has 5 heteroatoms. The molecule has 0 bridgehead atoms. The van der Waals surface area contributed by atoms with E-state index in [4.69, 9.17) is 5.11 Å². The van der Waals surface area contributed by atoms with Gasteiger partial charge >= 0.3 is 5.97 Å². The quantitative estimate of drug-likeness (QED) is 0.920. The van der Waals surface area contributed by atoms with Crippen LogP contribution in [0.3, 0.4) is 0 Å². The summed E-state index contributed by atoms with van der Waals surface area (Å²) >= 11 is 0. The number of hydrogen-bond donors (Lipinski definition) is 1. The Bertz CT molecular complexity index is 503. The smallest absolute Gasteiger partial charge is 0.337 e. The molecule has 2 aliphatic rings. The third-order valence-corrected chi connectivity index (χ3v) is 4.75. The minimum atomic E-state index is -0.918. The number of carboxylic acids is 1. The molecule has 5 nitrogen and oxygen atoms in total. The maximum Gasteiger partial charge on any atom is 0.337 e. The number of nitrogens with zero attached hydrogens (tertiary/aromatic N) is 3. The van der Waals surface area contributed by atoms with Crippen LogP contribution in [-0.4, -0.2) is 57.6 Å². The third kappa shape index (κ3) is 3.24. The monoisotopic (exact) mass is 289 g/mol. The topological polar surface area (TPSA) is 56.7 Å². The zero-order valence-corrected chi connectivity index (χ0v) is 12.5. The van der Waals surface area contributed by atoms with E-state index in [0.717, 1.165) is 25.3 Å².